The van der Waals surface area contributed by atoms with Crippen molar-refractivity contribution in [3.05, 3.63) is 52.3 Å². The molecule has 2 N–H and O–H groups in total. The van der Waals surface area contributed by atoms with Gasteiger partial charge < -0.3 is 15.2 Å². The Bertz CT molecular complexity index is 614. The van der Waals surface area contributed by atoms with Crippen LogP contribution in [0.5, 0.6) is 11.5 Å². The molecule has 1 aromatic carbocycles. The molecule has 1 heterocycles. The summed E-state index contributed by atoms with van der Waals surface area (Å²) in [7, 11) is 1.60. The van der Waals surface area contributed by atoms with Crippen molar-refractivity contribution in [3.8, 4) is 11.5 Å². The Morgan fingerprint density at radius 2 is 2.00 bits per heavy atom. The first-order chi connectivity index (χ1) is 9.60. The van der Waals surface area contributed by atoms with Crippen LogP contribution in [0.1, 0.15) is 16.1 Å². The van der Waals surface area contributed by atoms with Crippen LogP contribution in [-0.4, -0.2) is 23.1 Å². The van der Waals surface area contributed by atoms with Crippen molar-refractivity contribution in [2.24, 2.45) is 0 Å². The molecule has 0 aliphatic carbocycles. The molecule has 6 heteroatoms. The average molecular weight is 337 g/mol. The van der Waals surface area contributed by atoms with E-state index in [0.717, 1.165) is 11.3 Å². The average Bonchev–Trinajstić information content (AvgIpc) is 2.47. The van der Waals surface area contributed by atoms with Gasteiger partial charge in [-0.15, -0.1) is 0 Å². The molecular formula is C14H13BrN2O3. The molecule has 1 aromatic heterocycles. The number of methoxy groups -OCH3 is 1. The number of nitrogens with zero attached hydrogens (tertiary/aromatic N) is 1. The second-order valence-corrected chi connectivity index (χ2v) is 4.84. The van der Waals surface area contributed by atoms with Gasteiger partial charge in [0.2, 0.25) is 0 Å². The van der Waals surface area contributed by atoms with Crippen LogP contribution in [0.3, 0.4) is 0 Å². The Balaban J connectivity index is 2.02. The number of ether oxygens (including phenoxy) is 1. The summed E-state index contributed by atoms with van der Waals surface area (Å²) < 4.78 is 5.55. The number of pyridine rings is 1. The summed E-state index contributed by atoms with van der Waals surface area (Å²) in [5.41, 5.74) is 0.918. The normalized spacial score (nSPS) is 10.1. The predicted molar refractivity (Wildman–Crippen MR) is 77.8 cm³/mol. The standard InChI is InChI=1S/C14H13BrN2O3/c1-20-10-4-2-9(3-5-10)8-16-14(19)13-11(18)6-7-12(15)17-13/h2-7,18H,8H2,1H3,(H,16,19). The third-order valence-electron chi connectivity index (χ3n) is 2.67. The van der Waals surface area contributed by atoms with Crippen molar-refractivity contribution >= 4 is 21.8 Å². The molecule has 2 rings (SSSR count). The molecule has 104 valence electrons. The number of halogens is 1. The van der Waals surface area contributed by atoms with E-state index in [1.807, 2.05) is 24.3 Å². The number of amides is 1. The van der Waals surface area contributed by atoms with Gasteiger partial charge in [0, 0.05) is 6.54 Å². The summed E-state index contributed by atoms with van der Waals surface area (Å²) in [6.45, 7) is 0.344. The van der Waals surface area contributed by atoms with Crippen molar-refractivity contribution in [2.75, 3.05) is 7.11 Å². The molecule has 0 aliphatic heterocycles. The van der Waals surface area contributed by atoms with E-state index < -0.39 is 5.91 Å². The van der Waals surface area contributed by atoms with Crippen molar-refractivity contribution in [2.45, 2.75) is 6.54 Å². The van der Waals surface area contributed by atoms with E-state index in [1.54, 1.807) is 13.2 Å². The zero-order chi connectivity index (χ0) is 14.5. The third kappa shape index (κ3) is 3.48. The lowest BCUT2D eigenvalue weighted by atomic mass is 10.2. The highest BCUT2D eigenvalue weighted by Crippen LogP contribution is 2.18. The number of carbonyl (C=O) groups is 1. The lowest BCUT2D eigenvalue weighted by molar-refractivity contribution is 0.0943. The first-order valence-corrected chi connectivity index (χ1v) is 6.66. The molecule has 0 unspecified atom stereocenters. The van der Waals surface area contributed by atoms with E-state index in [1.165, 1.54) is 6.07 Å². The minimum atomic E-state index is -0.431. The summed E-state index contributed by atoms with van der Waals surface area (Å²) >= 11 is 3.16. The number of aromatic nitrogens is 1. The van der Waals surface area contributed by atoms with Gasteiger partial charge in [-0.2, -0.15) is 0 Å². The molecule has 0 aliphatic rings. The van der Waals surface area contributed by atoms with Crippen LogP contribution < -0.4 is 10.1 Å². The van der Waals surface area contributed by atoms with E-state index in [0.29, 0.717) is 11.1 Å². The van der Waals surface area contributed by atoms with Crippen LogP contribution in [0.2, 0.25) is 0 Å². The largest absolute Gasteiger partial charge is 0.505 e. The predicted octanol–water partition coefficient (Wildman–Crippen LogP) is 2.49. The number of rotatable bonds is 4. The van der Waals surface area contributed by atoms with E-state index in [-0.39, 0.29) is 11.4 Å². The van der Waals surface area contributed by atoms with Crippen LogP contribution in [0.25, 0.3) is 0 Å². The maximum atomic E-state index is 11.9. The van der Waals surface area contributed by atoms with Crippen molar-refractivity contribution in [3.63, 3.8) is 0 Å². The van der Waals surface area contributed by atoms with Crippen LogP contribution in [-0.2, 0) is 6.54 Å². The van der Waals surface area contributed by atoms with Gasteiger partial charge in [-0.05, 0) is 45.8 Å². The molecule has 0 saturated heterocycles. The molecule has 0 fully saturated rings. The van der Waals surface area contributed by atoms with Crippen LogP contribution in [0.15, 0.2) is 41.0 Å². The first kappa shape index (κ1) is 14.3. The van der Waals surface area contributed by atoms with Gasteiger partial charge >= 0.3 is 0 Å². The number of hydrogen-bond donors (Lipinski definition) is 2. The van der Waals surface area contributed by atoms with Crippen LogP contribution >= 0.6 is 15.9 Å². The Kier molecular flexibility index (Phi) is 4.57. The Labute approximate surface area is 124 Å². The molecular weight excluding hydrogens is 324 g/mol. The van der Waals surface area contributed by atoms with Gasteiger partial charge in [0.25, 0.3) is 5.91 Å². The van der Waals surface area contributed by atoms with Crippen molar-refractivity contribution < 1.29 is 14.6 Å². The van der Waals surface area contributed by atoms with E-state index >= 15 is 0 Å². The van der Waals surface area contributed by atoms with E-state index in [2.05, 4.69) is 26.2 Å². The monoisotopic (exact) mass is 336 g/mol. The number of carbonyl (C=O) groups excluding carboxylic acids is 1. The van der Waals surface area contributed by atoms with Crippen LogP contribution in [0.4, 0.5) is 0 Å². The fourth-order valence-corrected chi connectivity index (χ4v) is 1.91. The maximum Gasteiger partial charge on any atom is 0.274 e. The number of aromatic hydroxyl groups is 1. The Hall–Kier alpha value is -2.08. The zero-order valence-corrected chi connectivity index (χ0v) is 12.3. The summed E-state index contributed by atoms with van der Waals surface area (Å²) in [5, 5.41) is 12.3. The van der Waals surface area contributed by atoms with Gasteiger partial charge in [-0.25, -0.2) is 4.98 Å². The SMILES string of the molecule is COc1ccc(CNC(=O)c2nc(Br)ccc2O)cc1. The van der Waals surface area contributed by atoms with Gasteiger partial charge in [-0.1, -0.05) is 12.1 Å². The van der Waals surface area contributed by atoms with E-state index in [4.69, 9.17) is 4.74 Å². The van der Waals surface area contributed by atoms with Gasteiger partial charge in [-0.3, -0.25) is 4.79 Å². The molecule has 2 aromatic rings. The second-order valence-electron chi connectivity index (χ2n) is 4.03. The molecule has 0 radical (unpaired) electrons. The quantitative estimate of drug-likeness (QED) is 0.841. The number of benzene rings is 1. The summed E-state index contributed by atoms with van der Waals surface area (Å²) in [6, 6.07) is 10.3. The first-order valence-electron chi connectivity index (χ1n) is 5.87. The molecule has 0 bridgehead atoms. The fraction of sp³-hybridized carbons (Fsp3) is 0.143. The topological polar surface area (TPSA) is 71.5 Å². The zero-order valence-electron chi connectivity index (χ0n) is 10.8. The lowest BCUT2D eigenvalue weighted by Gasteiger charge is -2.07. The molecule has 5 nitrogen and oxygen atoms in total. The minimum absolute atomic E-state index is 0.00659. The smallest absolute Gasteiger partial charge is 0.274 e. The van der Waals surface area contributed by atoms with Gasteiger partial charge in [0.15, 0.2) is 5.69 Å². The molecule has 1 amide bonds. The van der Waals surface area contributed by atoms with Crippen molar-refractivity contribution in [1.82, 2.24) is 10.3 Å². The highest BCUT2D eigenvalue weighted by atomic mass is 79.9. The summed E-state index contributed by atoms with van der Waals surface area (Å²) in [4.78, 5) is 15.9. The highest BCUT2D eigenvalue weighted by molar-refractivity contribution is 9.10. The third-order valence-corrected chi connectivity index (χ3v) is 3.11. The number of hydrogen-bond acceptors (Lipinski definition) is 4. The number of nitrogens with one attached hydrogen (secondary N) is 1. The molecule has 0 saturated carbocycles. The molecule has 0 atom stereocenters. The van der Waals surface area contributed by atoms with Crippen LogP contribution in [0, 0.1) is 0 Å². The second kappa shape index (κ2) is 6.38. The Morgan fingerprint density at radius 1 is 1.30 bits per heavy atom. The molecule has 0 spiro atoms. The fourth-order valence-electron chi connectivity index (χ4n) is 1.60. The van der Waals surface area contributed by atoms with E-state index in [9.17, 15) is 9.90 Å². The van der Waals surface area contributed by atoms with Gasteiger partial charge in [0.1, 0.15) is 16.1 Å². The summed E-state index contributed by atoms with van der Waals surface area (Å²) in [5.74, 6) is 0.173. The highest BCUT2D eigenvalue weighted by Gasteiger charge is 2.13. The minimum Gasteiger partial charge on any atom is -0.505 e. The lowest BCUT2D eigenvalue weighted by Crippen LogP contribution is -2.24. The Morgan fingerprint density at radius 3 is 2.65 bits per heavy atom. The van der Waals surface area contributed by atoms with Gasteiger partial charge in [0.05, 0.1) is 7.11 Å². The summed E-state index contributed by atoms with van der Waals surface area (Å²) in [6.07, 6.45) is 0. The maximum absolute atomic E-state index is 11.9. The van der Waals surface area contributed by atoms with Crippen molar-refractivity contribution in [1.29, 1.82) is 0 Å². The molecule has 20 heavy (non-hydrogen) atoms.